The summed E-state index contributed by atoms with van der Waals surface area (Å²) in [4.78, 5) is 38.0. The van der Waals surface area contributed by atoms with Crippen LogP contribution in [0.15, 0.2) is 97.2 Å². The molecule has 0 aliphatic rings. The Balaban J connectivity index is 4.51. The van der Waals surface area contributed by atoms with Crippen molar-refractivity contribution in [2.24, 2.45) is 0 Å². The average molecular weight is 889 g/mol. The van der Waals surface area contributed by atoms with Crippen molar-refractivity contribution in [2.75, 3.05) is 13.2 Å². The number of ether oxygens (including phenoxy) is 3. The van der Waals surface area contributed by atoms with Gasteiger partial charge in [0, 0.05) is 19.3 Å². The minimum atomic E-state index is -0.809. The lowest BCUT2D eigenvalue weighted by Gasteiger charge is -2.18. The summed E-state index contributed by atoms with van der Waals surface area (Å²) in [5.74, 6) is -0.985. The van der Waals surface area contributed by atoms with E-state index in [9.17, 15) is 14.4 Å². The lowest BCUT2D eigenvalue weighted by Crippen LogP contribution is -2.30. The maximum absolute atomic E-state index is 12.8. The van der Waals surface area contributed by atoms with E-state index >= 15 is 0 Å². The number of esters is 3. The Bertz CT molecular complexity index is 1300. The van der Waals surface area contributed by atoms with Gasteiger partial charge >= 0.3 is 17.9 Å². The van der Waals surface area contributed by atoms with Gasteiger partial charge < -0.3 is 14.2 Å². The Hall–Kier alpha value is -3.67. The fourth-order valence-electron chi connectivity index (χ4n) is 6.84. The second kappa shape index (κ2) is 52.0. The Morgan fingerprint density at radius 3 is 1.08 bits per heavy atom. The molecule has 0 spiro atoms. The zero-order valence-corrected chi connectivity index (χ0v) is 41.5. The lowest BCUT2D eigenvalue weighted by atomic mass is 10.1. The number of hydrogen-bond acceptors (Lipinski definition) is 6. The molecule has 6 nitrogen and oxygen atoms in total. The summed E-state index contributed by atoms with van der Waals surface area (Å²) in [5, 5.41) is 0. The zero-order chi connectivity index (χ0) is 46.5. The van der Waals surface area contributed by atoms with Crippen molar-refractivity contribution >= 4 is 17.9 Å². The highest BCUT2D eigenvalue weighted by atomic mass is 16.6. The topological polar surface area (TPSA) is 78.9 Å². The molecule has 6 heteroatoms. The molecule has 364 valence electrons. The molecule has 0 saturated heterocycles. The molecule has 1 atom stereocenters. The first-order chi connectivity index (χ1) is 31.5. The third kappa shape index (κ3) is 49.3. The van der Waals surface area contributed by atoms with E-state index in [0.717, 1.165) is 103 Å². The van der Waals surface area contributed by atoms with Crippen LogP contribution in [0.1, 0.15) is 233 Å². The van der Waals surface area contributed by atoms with E-state index in [1.165, 1.54) is 83.5 Å². The van der Waals surface area contributed by atoms with Crippen LogP contribution in [0.2, 0.25) is 0 Å². The Morgan fingerprint density at radius 2 is 0.641 bits per heavy atom. The largest absolute Gasteiger partial charge is 0.462 e. The molecule has 64 heavy (non-hydrogen) atoms. The van der Waals surface area contributed by atoms with Crippen molar-refractivity contribution in [3.05, 3.63) is 97.2 Å². The molecule has 0 unspecified atom stereocenters. The minimum Gasteiger partial charge on any atom is -0.462 e. The summed E-state index contributed by atoms with van der Waals surface area (Å²) in [6.45, 7) is 6.40. The van der Waals surface area contributed by atoms with E-state index in [0.29, 0.717) is 19.3 Å². The summed E-state index contributed by atoms with van der Waals surface area (Å²) in [7, 11) is 0. The van der Waals surface area contributed by atoms with E-state index in [-0.39, 0.29) is 37.5 Å². The first kappa shape index (κ1) is 60.3. The molecule has 0 fully saturated rings. The highest BCUT2D eigenvalue weighted by Crippen LogP contribution is 2.13. The standard InChI is InChI=1S/C58H96O6/c1-4-7-10-13-16-19-22-25-28-29-31-33-36-39-42-45-48-51-57(60)63-54-55(53-62-56(59)50-47-44-41-38-35-32-27-24-21-18-15-12-9-6-3)64-58(61)52-49-46-43-40-37-34-30-26-23-20-17-14-11-8-5-2/h7,10,15-16,18-20,23-25,27-28,31,33,39,42,55H,4-6,8-9,11-14,17,21-22,26,29-30,32,34-38,40-41,43-54H2,1-3H3/b10-7+,18-15+,19-16+,23-20+,27-24+,28-25+,33-31+,42-39+/t55-/m1/s1. The highest BCUT2D eigenvalue weighted by Gasteiger charge is 2.19. The number of allylic oxidation sites excluding steroid dienone is 16. The normalized spacial score (nSPS) is 12.9. The molecule has 0 amide bonds. The number of carbonyl (C=O) groups is 3. The van der Waals surface area contributed by atoms with Crippen LogP contribution in [0.5, 0.6) is 0 Å². The van der Waals surface area contributed by atoms with Crippen LogP contribution in [0.4, 0.5) is 0 Å². The second-order valence-electron chi connectivity index (χ2n) is 17.0. The Labute approximate surface area is 394 Å². The van der Waals surface area contributed by atoms with Crippen molar-refractivity contribution in [2.45, 2.75) is 239 Å². The molecular weight excluding hydrogens is 793 g/mol. The molecule has 0 bridgehead atoms. The van der Waals surface area contributed by atoms with Crippen LogP contribution in [0.25, 0.3) is 0 Å². The minimum absolute atomic E-state index is 0.105. The van der Waals surface area contributed by atoms with Gasteiger partial charge in [0.15, 0.2) is 6.10 Å². The summed E-state index contributed by atoms with van der Waals surface area (Å²) in [5.41, 5.74) is 0. The molecule has 0 aromatic rings. The third-order valence-electron chi connectivity index (χ3n) is 10.8. The molecule has 0 saturated carbocycles. The van der Waals surface area contributed by atoms with Gasteiger partial charge in [-0.2, -0.15) is 0 Å². The highest BCUT2D eigenvalue weighted by molar-refractivity contribution is 5.71. The van der Waals surface area contributed by atoms with Crippen LogP contribution >= 0.6 is 0 Å². The van der Waals surface area contributed by atoms with Gasteiger partial charge in [-0.1, -0.05) is 201 Å². The van der Waals surface area contributed by atoms with E-state index in [1.807, 2.05) is 0 Å². The van der Waals surface area contributed by atoms with Gasteiger partial charge in [-0.25, -0.2) is 0 Å². The predicted molar refractivity (Wildman–Crippen MR) is 274 cm³/mol. The maximum atomic E-state index is 12.8. The molecule has 0 aliphatic heterocycles. The van der Waals surface area contributed by atoms with Gasteiger partial charge in [-0.15, -0.1) is 0 Å². The SMILES string of the molecule is CC/C=C/C/C=C/C/C=C/C/C=C/C/C=C/CCCC(=O)OC[C@@H](COC(=O)CCCCCCC/C=C/C/C=C/CCCC)OC(=O)CCCCCCCCC/C=C/CCCCCC. The first-order valence-electron chi connectivity index (χ1n) is 26.2. The molecule has 0 N–H and O–H groups in total. The van der Waals surface area contributed by atoms with Crippen LogP contribution in [-0.4, -0.2) is 37.2 Å². The number of unbranched alkanes of at least 4 members (excludes halogenated alkanes) is 19. The first-order valence-corrected chi connectivity index (χ1v) is 26.2. The number of rotatable bonds is 46. The van der Waals surface area contributed by atoms with Crippen molar-refractivity contribution in [1.29, 1.82) is 0 Å². The fraction of sp³-hybridized carbons (Fsp3) is 0.672. The van der Waals surface area contributed by atoms with E-state index in [4.69, 9.17) is 14.2 Å². The predicted octanol–water partition coefficient (Wildman–Crippen LogP) is 17.4. The van der Waals surface area contributed by atoms with Crippen LogP contribution in [-0.2, 0) is 28.6 Å². The molecular formula is C58H96O6. The van der Waals surface area contributed by atoms with E-state index in [1.54, 1.807) is 0 Å². The number of carbonyl (C=O) groups excluding carboxylic acids is 3. The van der Waals surface area contributed by atoms with Crippen molar-refractivity contribution in [1.82, 2.24) is 0 Å². The van der Waals surface area contributed by atoms with Gasteiger partial charge in [0.1, 0.15) is 13.2 Å². The van der Waals surface area contributed by atoms with Crippen LogP contribution < -0.4 is 0 Å². The van der Waals surface area contributed by atoms with Crippen LogP contribution in [0.3, 0.4) is 0 Å². The smallest absolute Gasteiger partial charge is 0.306 e. The van der Waals surface area contributed by atoms with Gasteiger partial charge in [0.05, 0.1) is 0 Å². The monoisotopic (exact) mass is 889 g/mol. The van der Waals surface area contributed by atoms with Gasteiger partial charge in [0.25, 0.3) is 0 Å². The summed E-state index contributed by atoms with van der Waals surface area (Å²) in [6, 6.07) is 0. The van der Waals surface area contributed by atoms with Crippen molar-refractivity contribution in [3.8, 4) is 0 Å². The second-order valence-corrected chi connectivity index (χ2v) is 17.0. The quantitative estimate of drug-likeness (QED) is 0.0262. The Kier molecular flexibility index (Phi) is 49.0. The lowest BCUT2D eigenvalue weighted by molar-refractivity contribution is -0.167. The molecule has 0 rings (SSSR count). The summed E-state index contributed by atoms with van der Waals surface area (Å²) >= 11 is 0. The Morgan fingerprint density at radius 1 is 0.328 bits per heavy atom. The molecule has 0 heterocycles. The van der Waals surface area contributed by atoms with E-state index in [2.05, 4.69) is 118 Å². The summed E-state index contributed by atoms with van der Waals surface area (Å²) < 4.78 is 16.7. The summed E-state index contributed by atoms with van der Waals surface area (Å²) in [6.07, 6.45) is 68.2. The molecule has 0 aromatic heterocycles. The van der Waals surface area contributed by atoms with Crippen molar-refractivity contribution in [3.63, 3.8) is 0 Å². The maximum Gasteiger partial charge on any atom is 0.306 e. The average Bonchev–Trinajstić information content (AvgIpc) is 3.29. The molecule has 0 aromatic carbocycles. The molecule has 0 aliphatic carbocycles. The van der Waals surface area contributed by atoms with Gasteiger partial charge in [-0.05, 0) is 109 Å². The van der Waals surface area contributed by atoms with Gasteiger partial charge in [-0.3, -0.25) is 14.4 Å². The zero-order valence-electron chi connectivity index (χ0n) is 41.5. The molecule has 0 radical (unpaired) electrons. The van der Waals surface area contributed by atoms with Crippen LogP contribution in [0, 0.1) is 0 Å². The van der Waals surface area contributed by atoms with Crippen molar-refractivity contribution < 1.29 is 28.6 Å². The fourth-order valence-corrected chi connectivity index (χ4v) is 6.84. The number of hydrogen-bond donors (Lipinski definition) is 0. The van der Waals surface area contributed by atoms with Gasteiger partial charge in [0.2, 0.25) is 0 Å². The van der Waals surface area contributed by atoms with E-state index < -0.39 is 6.10 Å². The third-order valence-corrected chi connectivity index (χ3v) is 10.8.